The molecule has 172 valence electrons. The van der Waals surface area contributed by atoms with Gasteiger partial charge in [-0.1, -0.05) is 42.5 Å². The summed E-state index contributed by atoms with van der Waals surface area (Å²) in [7, 11) is 0. The van der Waals surface area contributed by atoms with Gasteiger partial charge in [0, 0.05) is 19.5 Å². The molecule has 1 aliphatic rings. The molecule has 1 saturated heterocycles. The smallest absolute Gasteiger partial charge is 0.408 e. The minimum atomic E-state index is -0.786. The summed E-state index contributed by atoms with van der Waals surface area (Å²) < 4.78 is 11.2. The van der Waals surface area contributed by atoms with Crippen molar-refractivity contribution in [3.63, 3.8) is 0 Å². The number of β-amino-alcohol motifs (C(OH)–C–C–N with tert-alkyl or cyclic N) is 1. The van der Waals surface area contributed by atoms with E-state index in [0.29, 0.717) is 26.0 Å². The van der Waals surface area contributed by atoms with Crippen molar-refractivity contribution in [2.24, 2.45) is 0 Å². The van der Waals surface area contributed by atoms with Crippen molar-refractivity contribution in [3.05, 3.63) is 65.7 Å². The van der Waals surface area contributed by atoms with E-state index in [-0.39, 0.29) is 12.5 Å². The lowest BCUT2D eigenvalue weighted by Gasteiger charge is -2.26. The summed E-state index contributed by atoms with van der Waals surface area (Å²) >= 11 is 0. The predicted octanol–water partition coefficient (Wildman–Crippen LogP) is 3.29. The first-order chi connectivity index (χ1) is 15.2. The second-order valence-corrected chi connectivity index (χ2v) is 9.05. The van der Waals surface area contributed by atoms with Gasteiger partial charge in [-0.3, -0.25) is 4.79 Å². The van der Waals surface area contributed by atoms with Gasteiger partial charge < -0.3 is 24.8 Å². The number of carbonyl (C=O) groups is 2. The molecule has 0 aromatic heterocycles. The third-order valence-electron chi connectivity index (χ3n) is 5.08. The Morgan fingerprint density at radius 1 is 1.09 bits per heavy atom. The molecule has 1 aliphatic heterocycles. The zero-order chi connectivity index (χ0) is 23.1. The Balaban J connectivity index is 1.64. The van der Waals surface area contributed by atoms with E-state index in [9.17, 15) is 14.7 Å². The van der Waals surface area contributed by atoms with Gasteiger partial charge in [0.2, 0.25) is 5.91 Å². The number of amides is 2. The maximum absolute atomic E-state index is 13.0. The van der Waals surface area contributed by atoms with Crippen LogP contribution >= 0.6 is 0 Å². The van der Waals surface area contributed by atoms with Crippen molar-refractivity contribution in [2.75, 3.05) is 13.1 Å². The number of aliphatic hydroxyl groups excluding tert-OH is 1. The first kappa shape index (κ1) is 23.6. The summed E-state index contributed by atoms with van der Waals surface area (Å²) in [6.07, 6.45) is -0.317. The van der Waals surface area contributed by atoms with E-state index in [1.165, 1.54) is 0 Å². The molecule has 0 aliphatic carbocycles. The van der Waals surface area contributed by atoms with Gasteiger partial charge in [-0.15, -0.1) is 0 Å². The molecular formula is C25H32N2O5. The van der Waals surface area contributed by atoms with Crippen LogP contribution in [0.15, 0.2) is 54.6 Å². The first-order valence-corrected chi connectivity index (χ1v) is 10.9. The molecule has 1 fully saturated rings. The molecule has 7 nitrogen and oxygen atoms in total. The maximum atomic E-state index is 13.0. The summed E-state index contributed by atoms with van der Waals surface area (Å²) in [5.41, 5.74) is 1.29. The quantitative estimate of drug-likeness (QED) is 0.690. The van der Waals surface area contributed by atoms with Gasteiger partial charge in [0.1, 0.15) is 24.0 Å². The molecule has 0 saturated carbocycles. The molecule has 2 aromatic rings. The highest BCUT2D eigenvalue weighted by molar-refractivity contribution is 5.86. The molecular weight excluding hydrogens is 408 g/mol. The van der Waals surface area contributed by atoms with Crippen molar-refractivity contribution in [1.29, 1.82) is 0 Å². The molecule has 7 heteroatoms. The molecule has 2 N–H and O–H groups in total. The van der Waals surface area contributed by atoms with Crippen LogP contribution in [-0.4, -0.2) is 52.8 Å². The molecule has 2 aromatic carbocycles. The van der Waals surface area contributed by atoms with Crippen molar-refractivity contribution in [3.8, 4) is 5.75 Å². The van der Waals surface area contributed by atoms with E-state index < -0.39 is 23.8 Å². The van der Waals surface area contributed by atoms with Gasteiger partial charge in [-0.2, -0.15) is 0 Å². The molecule has 0 spiro atoms. The highest BCUT2D eigenvalue weighted by atomic mass is 16.6. The number of hydrogen-bond donors (Lipinski definition) is 2. The normalized spacial score (nSPS) is 17.0. The van der Waals surface area contributed by atoms with Crippen LogP contribution in [0.1, 0.15) is 38.3 Å². The van der Waals surface area contributed by atoms with E-state index in [1.807, 2.05) is 54.6 Å². The first-order valence-electron chi connectivity index (χ1n) is 10.9. The molecule has 32 heavy (non-hydrogen) atoms. The van der Waals surface area contributed by atoms with Gasteiger partial charge in [0.25, 0.3) is 0 Å². The average Bonchev–Trinajstić information content (AvgIpc) is 3.18. The van der Waals surface area contributed by atoms with Crippen LogP contribution in [0.5, 0.6) is 5.75 Å². The van der Waals surface area contributed by atoms with E-state index in [1.54, 1.807) is 25.7 Å². The van der Waals surface area contributed by atoms with E-state index in [2.05, 4.69) is 5.32 Å². The van der Waals surface area contributed by atoms with Crippen molar-refractivity contribution in [1.82, 2.24) is 10.2 Å². The second-order valence-electron chi connectivity index (χ2n) is 9.05. The molecule has 0 radical (unpaired) electrons. The number of hydrogen-bond acceptors (Lipinski definition) is 5. The largest absolute Gasteiger partial charge is 0.489 e. The Labute approximate surface area is 189 Å². The van der Waals surface area contributed by atoms with Crippen LogP contribution in [0.4, 0.5) is 4.79 Å². The highest BCUT2D eigenvalue weighted by Crippen LogP contribution is 2.18. The Morgan fingerprint density at radius 2 is 1.78 bits per heavy atom. The molecule has 2 atom stereocenters. The number of benzene rings is 2. The summed E-state index contributed by atoms with van der Waals surface area (Å²) in [4.78, 5) is 27.0. The molecule has 3 rings (SSSR count). The summed E-state index contributed by atoms with van der Waals surface area (Å²) in [6.45, 7) is 6.53. The number of nitrogens with zero attached hydrogens (tertiary/aromatic N) is 1. The van der Waals surface area contributed by atoms with Crippen LogP contribution < -0.4 is 10.1 Å². The number of aliphatic hydroxyl groups is 1. The maximum Gasteiger partial charge on any atom is 0.408 e. The summed E-state index contributed by atoms with van der Waals surface area (Å²) in [5.74, 6) is 0.500. The topological polar surface area (TPSA) is 88.1 Å². The zero-order valence-corrected chi connectivity index (χ0v) is 18.9. The van der Waals surface area contributed by atoms with Crippen LogP contribution in [0.2, 0.25) is 0 Å². The zero-order valence-electron chi connectivity index (χ0n) is 18.9. The van der Waals surface area contributed by atoms with Crippen LogP contribution in [0, 0.1) is 0 Å². The fraction of sp³-hybridized carbons (Fsp3) is 0.440. The fourth-order valence-corrected chi connectivity index (χ4v) is 3.51. The highest BCUT2D eigenvalue weighted by Gasteiger charge is 2.32. The second kappa shape index (κ2) is 10.5. The van der Waals surface area contributed by atoms with Crippen molar-refractivity contribution in [2.45, 2.75) is 58.0 Å². The Morgan fingerprint density at radius 3 is 2.38 bits per heavy atom. The van der Waals surface area contributed by atoms with Crippen molar-refractivity contribution >= 4 is 12.0 Å². The SMILES string of the molecule is CC(C)(C)OC(=O)N[C@@H](Cc1ccc(OCc2ccccc2)cc1)C(=O)N1CCC(O)C1. The van der Waals surface area contributed by atoms with Gasteiger partial charge in [0.15, 0.2) is 0 Å². The Bertz CT molecular complexity index is 893. The standard InChI is InChI=1S/C25H32N2O5/c1-25(2,3)32-24(30)26-22(23(29)27-14-13-20(28)16-27)15-18-9-11-21(12-10-18)31-17-19-7-5-4-6-8-19/h4-12,20,22,28H,13-17H2,1-3H3,(H,26,30)/t20?,22-/m0/s1. The number of nitrogens with one attached hydrogen (secondary N) is 1. The summed E-state index contributed by atoms with van der Waals surface area (Å²) in [6, 6.07) is 16.6. The molecule has 0 bridgehead atoms. The minimum absolute atomic E-state index is 0.225. The minimum Gasteiger partial charge on any atom is -0.489 e. The lowest BCUT2D eigenvalue weighted by Crippen LogP contribution is -2.50. The molecule has 1 heterocycles. The van der Waals surface area contributed by atoms with Crippen LogP contribution in [-0.2, 0) is 22.6 Å². The van der Waals surface area contributed by atoms with Crippen molar-refractivity contribution < 1.29 is 24.2 Å². The third kappa shape index (κ3) is 7.27. The summed E-state index contributed by atoms with van der Waals surface area (Å²) in [5, 5.41) is 12.5. The number of ether oxygens (including phenoxy) is 2. The monoisotopic (exact) mass is 440 g/mol. The fourth-order valence-electron chi connectivity index (χ4n) is 3.51. The number of alkyl carbamates (subject to hydrolysis) is 1. The molecule has 1 unspecified atom stereocenters. The Hall–Kier alpha value is -3.06. The Kier molecular flexibility index (Phi) is 7.75. The van der Waals surface area contributed by atoms with Gasteiger partial charge in [0.05, 0.1) is 6.10 Å². The predicted molar refractivity (Wildman–Crippen MR) is 121 cm³/mol. The van der Waals surface area contributed by atoms with Crippen LogP contribution in [0.3, 0.4) is 0 Å². The number of likely N-dealkylation sites (tertiary alicyclic amines) is 1. The van der Waals surface area contributed by atoms with Gasteiger partial charge >= 0.3 is 6.09 Å². The van der Waals surface area contributed by atoms with E-state index in [0.717, 1.165) is 16.9 Å². The van der Waals surface area contributed by atoms with Crippen LogP contribution in [0.25, 0.3) is 0 Å². The average molecular weight is 441 g/mol. The third-order valence-corrected chi connectivity index (χ3v) is 5.08. The lowest BCUT2D eigenvalue weighted by atomic mass is 10.0. The van der Waals surface area contributed by atoms with E-state index in [4.69, 9.17) is 9.47 Å². The van der Waals surface area contributed by atoms with E-state index >= 15 is 0 Å². The van der Waals surface area contributed by atoms with Gasteiger partial charge in [-0.05, 0) is 50.5 Å². The lowest BCUT2D eigenvalue weighted by molar-refractivity contribution is -0.132. The number of carbonyl (C=O) groups excluding carboxylic acids is 2. The molecule has 2 amide bonds. The number of rotatable bonds is 7. The van der Waals surface area contributed by atoms with Gasteiger partial charge in [-0.25, -0.2) is 4.79 Å².